The van der Waals surface area contributed by atoms with E-state index >= 15 is 0 Å². The number of hydrogen-bond donors (Lipinski definition) is 2. The van der Waals surface area contributed by atoms with Crippen LogP contribution < -0.4 is 21.6 Å². The first-order valence-electron chi connectivity index (χ1n) is 8.28. The van der Waals surface area contributed by atoms with E-state index in [0.29, 0.717) is 29.1 Å². The molecule has 1 aliphatic heterocycles. The number of nitrogens with two attached hydrogens (primary N) is 1. The minimum absolute atomic E-state index is 0.134. The molecule has 1 aromatic carbocycles. The van der Waals surface area contributed by atoms with Crippen LogP contribution >= 0.6 is 11.5 Å². The van der Waals surface area contributed by atoms with Gasteiger partial charge in [-0.1, -0.05) is 0 Å². The van der Waals surface area contributed by atoms with Gasteiger partial charge in [0.2, 0.25) is 5.43 Å². The number of pyridine rings is 1. The summed E-state index contributed by atoms with van der Waals surface area (Å²) in [6.45, 7) is 3.08. The Balaban J connectivity index is 1.84. The van der Waals surface area contributed by atoms with E-state index in [1.807, 2.05) is 16.4 Å². The topological polar surface area (TPSA) is 84.1 Å². The van der Waals surface area contributed by atoms with Gasteiger partial charge >= 0.3 is 0 Å². The van der Waals surface area contributed by atoms with Gasteiger partial charge in [0, 0.05) is 30.1 Å². The molecule has 3 aromatic rings. The van der Waals surface area contributed by atoms with Crippen LogP contribution in [0.2, 0.25) is 0 Å². The zero-order valence-corrected chi connectivity index (χ0v) is 14.5. The smallest absolute Gasteiger partial charge is 0.271 e. The quantitative estimate of drug-likeness (QED) is 0.731. The molecule has 0 bridgehead atoms. The highest BCUT2D eigenvalue weighted by Crippen LogP contribution is 2.41. The number of nitrogens with zero attached hydrogens (tertiary/aromatic N) is 2. The van der Waals surface area contributed by atoms with Crippen molar-refractivity contribution in [3.8, 4) is 0 Å². The lowest BCUT2D eigenvalue weighted by Crippen LogP contribution is -2.65. The van der Waals surface area contributed by atoms with Gasteiger partial charge in [0.15, 0.2) is 0 Å². The van der Waals surface area contributed by atoms with Gasteiger partial charge < -0.3 is 15.2 Å². The number of benzene rings is 1. The highest BCUT2D eigenvalue weighted by Gasteiger charge is 2.37. The Morgan fingerprint density at radius 2 is 2.04 bits per heavy atom. The number of nitrogens with one attached hydrogen (secondary N) is 1. The van der Waals surface area contributed by atoms with E-state index in [1.54, 1.807) is 6.07 Å². The fourth-order valence-corrected chi connectivity index (χ4v) is 4.70. The summed E-state index contributed by atoms with van der Waals surface area (Å²) < 4.78 is 19.4. The highest BCUT2D eigenvalue weighted by molar-refractivity contribution is 7.12. The average Bonchev–Trinajstić information content (AvgIpc) is 3.28. The predicted octanol–water partition coefficient (Wildman–Crippen LogP) is 1.92. The Bertz CT molecular complexity index is 1150. The van der Waals surface area contributed by atoms with Crippen LogP contribution in [0.5, 0.6) is 0 Å². The normalized spacial score (nSPS) is 19.6. The summed E-state index contributed by atoms with van der Waals surface area (Å²) in [5.41, 5.74) is 6.09. The Kier molecular flexibility index (Phi) is 2.84. The number of rotatable bonds is 2. The van der Waals surface area contributed by atoms with Gasteiger partial charge in [-0.15, -0.1) is 0 Å². The van der Waals surface area contributed by atoms with Crippen LogP contribution in [0.1, 0.15) is 25.8 Å². The van der Waals surface area contributed by atoms with E-state index in [-0.39, 0.29) is 22.4 Å². The number of halogens is 1. The van der Waals surface area contributed by atoms with Crippen molar-refractivity contribution in [3.63, 3.8) is 0 Å². The first-order chi connectivity index (χ1) is 11.9. The molecule has 0 amide bonds. The minimum atomic E-state index is -0.451. The van der Waals surface area contributed by atoms with Crippen molar-refractivity contribution in [1.29, 1.82) is 0 Å². The summed E-state index contributed by atoms with van der Waals surface area (Å²) in [5.74, 6) is -0.451. The molecule has 1 aliphatic carbocycles. The lowest BCUT2D eigenvalue weighted by Gasteiger charge is -2.47. The fraction of sp³-hybridized carbons (Fsp3) is 0.412. The van der Waals surface area contributed by atoms with Crippen molar-refractivity contribution < 1.29 is 4.39 Å². The fourth-order valence-electron chi connectivity index (χ4n) is 3.77. The lowest BCUT2D eigenvalue weighted by molar-refractivity contribution is 0.361. The maximum absolute atomic E-state index is 14.7. The molecule has 3 heterocycles. The first kappa shape index (κ1) is 15.1. The van der Waals surface area contributed by atoms with Crippen molar-refractivity contribution in [2.75, 3.05) is 18.0 Å². The second kappa shape index (κ2) is 4.70. The average molecular weight is 360 g/mol. The van der Waals surface area contributed by atoms with E-state index in [1.165, 1.54) is 17.6 Å². The van der Waals surface area contributed by atoms with Crippen LogP contribution in [-0.2, 0) is 0 Å². The minimum Gasteiger partial charge on any atom is -0.365 e. The Morgan fingerprint density at radius 1 is 1.32 bits per heavy atom. The third-order valence-electron chi connectivity index (χ3n) is 5.05. The molecule has 5 rings (SSSR count). The first-order valence-corrected chi connectivity index (χ1v) is 9.10. The van der Waals surface area contributed by atoms with Gasteiger partial charge in [0.25, 0.3) is 5.56 Å². The zero-order valence-electron chi connectivity index (χ0n) is 13.6. The third kappa shape index (κ3) is 2.10. The van der Waals surface area contributed by atoms with Crippen molar-refractivity contribution in [2.24, 2.45) is 5.73 Å². The Morgan fingerprint density at radius 3 is 2.68 bits per heavy atom. The van der Waals surface area contributed by atoms with Crippen LogP contribution in [0.3, 0.4) is 0 Å². The standard InChI is InChI=1S/C17H17FN4O2S/c1-17(19)6-21(7-17)12-5-11-9(4-10(12)18)14(23)13-15(24)20-25-16(13)22(11)8-2-3-8/h4-5,8H,2-3,6-7,19H2,1H3,(H,20,24). The highest BCUT2D eigenvalue weighted by atomic mass is 32.1. The monoisotopic (exact) mass is 360 g/mol. The van der Waals surface area contributed by atoms with Crippen molar-refractivity contribution in [2.45, 2.75) is 31.3 Å². The number of hydrogen-bond acceptors (Lipinski definition) is 5. The Hall–Kier alpha value is -2.19. The summed E-state index contributed by atoms with van der Waals surface area (Å²) in [4.78, 5) is 27.3. The molecule has 1 saturated heterocycles. The lowest BCUT2D eigenvalue weighted by atomic mass is 9.93. The summed E-state index contributed by atoms with van der Waals surface area (Å²) in [6.07, 6.45) is 1.99. The number of aromatic amines is 1. The predicted molar refractivity (Wildman–Crippen MR) is 97.2 cm³/mol. The van der Waals surface area contributed by atoms with E-state index in [0.717, 1.165) is 12.8 Å². The van der Waals surface area contributed by atoms with E-state index < -0.39 is 16.8 Å². The maximum Gasteiger partial charge on any atom is 0.271 e. The van der Waals surface area contributed by atoms with Crippen LogP contribution in [0.25, 0.3) is 21.1 Å². The molecule has 1 saturated carbocycles. The van der Waals surface area contributed by atoms with Crippen molar-refractivity contribution in [3.05, 3.63) is 38.5 Å². The third-order valence-corrected chi connectivity index (χ3v) is 5.93. The largest absolute Gasteiger partial charge is 0.365 e. The number of fused-ring (bicyclic) bond motifs is 2. The molecule has 3 N–H and O–H groups in total. The molecule has 2 aromatic heterocycles. The zero-order chi connectivity index (χ0) is 17.5. The van der Waals surface area contributed by atoms with E-state index in [2.05, 4.69) is 4.37 Å². The molecule has 8 heteroatoms. The number of aromatic nitrogens is 2. The van der Waals surface area contributed by atoms with E-state index in [9.17, 15) is 14.0 Å². The molecule has 0 atom stereocenters. The van der Waals surface area contributed by atoms with Crippen molar-refractivity contribution >= 4 is 38.3 Å². The molecule has 0 unspecified atom stereocenters. The van der Waals surface area contributed by atoms with Gasteiger partial charge in [0.1, 0.15) is 16.0 Å². The Labute approximate surface area is 145 Å². The van der Waals surface area contributed by atoms with Crippen LogP contribution in [0.4, 0.5) is 10.1 Å². The molecular weight excluding hydrogens is 343 g/mol. The summed E-state index contributed by atoms with van der Waals surface area (Å²) in [7, 11) is 0. The molecule has 130 valence electrons. The van der Waals surface area contributed by atoms with E-state index in [4.69, 9.17) is 5.73 Å². The number of H-pyrrole nitrogens is 1. The second-order valence-corrected chi connectivity index (χ2v) is 8.27. The number of anilines is 1. The van der Waals surface area contributed by atoms with Gasteiger partial charge in [-0.25, -0.2) is 4.39 Å². The van der Waals surface area contributed by atoms with Gasteiger partial charge in [-0.3, -0.25) is 14.0 Å². The molecule has 2 fully saturated rings. The summed E-state index contributed by atoms with van der Waals surface area (Å²) in [5, 5.41) is 0.399. The van der Waals surface area contributed by atoms with Crippen LogP contribution in [0.15, 0.2) is 21.7 Å². The molecule has 0 spiro atoms. The van der Waals surface area contributed by atoms with Gasteiger partial charge in [-0.05, 0) is 43.4 Å². The van der Waals surface area contributed by atoms with Gasteiger partial charge in [-0.2, -0.15) is 0 Å². The van der Waals surface area contributed by atoms with Crippen LogP contribution in [0, 0.1) is 5.82 Å². The van der Waals surface area contributed by atoms with Gasteiger partial charge in [0.05, 0.1) is 11.2 Å². The molecule has 0 radical (unpaired) electrons. The maximum atomic E-state index is 14.7. The molecular formula is C17H17FN4O2S. The second-order valence-electron chi connectivity index (χ2n) is 7.47. The SMILES string of the molecule is CC1(N)CN(c2cc3c(cc2F)c(=O)c2c(=O)[nH]sc2n3C2CC2)C1. The molecule has 2 aliphatic rings. The molecule has 25 heavy (non-hydrogen) atoms. The summed E-state index contributed by atoms with van der Waals surface area (Å²) in [6, 6.07) is 3.27. The van der Waals surface area contributed by atoms with Crippen LogP contribution in [-0.4, -0.2) is 27.6 Å². The summed E-state index contributed by atoms with van der Waals surface area (Å²) >= 11 is 1.17. The molecule has 6 nitrogen and oxygen atoms in total. The van der Waals surface area contributed by atoms with Crippen molar-refractivity contribution in [1.82, 2.24) is 8.94 Å².